The van der Waals surface area contributed by atoms with Crippen LogP contribution in [-0.4, -0.2) is 57.5 Å². The first kappa shape index (κ1) is 40.7. The van der Waals surface area contributed by atoms with E-state index in [2.05, 4.69) is 16.0 Å². The number of carboxylic acid groups (broad SMARTS) is 2. The minimum absolute atomic E-state index is 0.0235. The molecule has 1 aromatic heterocycles. The molecule has 11 nitrogen and oxygen atoms in total. The van der Waals surface area contributed by atoms with Crippen molar-refractivity contribution in [3.63, 3.8) is 0 Å². The van der Waals surface area contributed by atoms with Gasteiger partial charge in [0, 0.05) is 41.7 Å². The second-order valence-electron chi connectivity index (χ2n) is 13.9. The third-order valence-electron chi connectivity index (χ3n) is 10.00. The smallest absolute Gasteiger partial charge is 0.335 e. The molecule has 4 amide bonds. The lowest BCUT2D eigenvalue weighted by atomic mass is 9.95. The number of carbonyl (C=O) groups is 5. The Hall–Kier alpha value is -5.49. The average Bonchev–Trinajstić information content (AvgIpc) is 3.55. The van der Waals surface area contributed by atoms with Crippen molar-refractivity contribution in [2.45, 2.75) is 97.1 Å². The van der Waals surface area contributed by atoms with Crippen molar-refractivity contribution < 1.29 is 34.2 Å². The van der Waals surface area contributed by atoms with Crippen LogP contribution in [0.4, 0.5) is 15.5 Å². The standard InChI is InChI=1S/C43H50N4O7S/c1-3-34(4-2)47(43(54)44-25-9-16-37(48)49)27-30-12-8-13-32(26-30)39(50)46-41-38(35-14-5-6-15-36(35)55-41)40(51)45-33-23-19-29(20-24-33)11-7-10-28-17-21-31(22-18-28)42(52)53/h8,12-13,17-24,26,34H,3-7,9-11,14-16,25,27H2,1-2H3,(H,44,54)(H,45,51)(H,46,50)(H,48,49)(H,52,53). The number of aliphatic carboxylic acids is 1. The van der Waals surface area contributed by atoms with Crippen LogP contribution in [0.1, 0.15) is 117 Å². The van der Waals surface area contributed by atoms with Gasteiger partial charge in [0.05, 0.1) is 11.1 Å². The third-order valence-corrected chi connectivity index (χ3v) is 11.2. The molecule has 5 rings (SSSR count). The molecule has 0 aliphatic heterocycles. The fourth-order valence-electron chi connectivity index (χ4n) is 6.97. The largest absolute Gasteiger partial charge is 0.481 e. The van der Waals surface area contributed by atoms with Crippen LogP contribution in [-0.2, 0) is 37.0 Å². The van der Waals surface area contributed by atoms with E-state index in [9.17, 15) is 24.0 Å². The SMILES string of the molecule is CCC(CC)N(Cc1cccc(C(=O)Nc2sc3c(c2C(=O)Nc2ccc(CCCc4ccc(C(=O)O)cc4)cc2)CCCC3)c1)C(=O)NCCCC(=O)O. The van der Waals surface area contributed by atoms with Crippen LogP contribution in [0.5, 0.6) is 0 Å². The number of nitrogens with zero attached hydrogens (tertiary/aromatic N) is 1. The highest BCUT2D eigenvalue weighted by Crippen LogP contribution is 2.39. The van der Waals surface area contributed by atoms with E-state index in [1.807, 2.05) is 56.3 Å². The first-order valence-corrected chi connectivity index (χ1v) is 19.9. The summed E-state index contributed by atoms with van der Waals surface area (Å²) in [6, 6.07) is 21.6. The molecule has 0 fully saturated rings. The number of hydrogen-bond donors (Lipinski definition) is 5. The number of benzene rings is 3. The second kappa shape index (κ2) is 19.7. The van der Waals surface area contributed by atoms with Gasteiger partial charge in [0.15, 0.2) is 0 Å². The van der Waals surface area contributed by atoms with E-state index in [4.69, 9.17) is 10.2 Å². The molecule has 0 radical (unpaired) electrons. The summed E-state index contributed by atoms with van der Waals surface area (Å²) in [5, 5.41) is 27.5. The van der Waals surface area contributed by atoms with E-state index in [-0.39, 0.29) is 49.0 Å². The molecule has 12 heteroatoms. The number of urea groups is 1. The number of aromatic carboxylic acids is 1. The Bertz CT molecular complexity index is 1970. The van der Waals surface area contributed by atoms with Crippen molar-refractivity contribution in [1.82, 2.24) is 10.2 Å². The van der Waals surface area contributed by atoms with Crippen molar-refractivity contribution in [3.8, 4) is 0 Å². The maximum atomic E-state index is 13.9. The summed E-state index contributed by atoms with van der Waals surface area (Å²) in [4.78, 5) is 65.7. The number of anilines is 2. The number of amides is 4. The maximum absolute atomic E-state index is 13.9. The molecule has 5 N–H and O–H groups in total. The van der Waals surface area contributed by atoms with Gasteiger partial charge < -0.3 is 31.1 Å². The molecule has 0 unspecified atom stereocenters. The third kappa shape index (κ3) is 11.3. The molecule has 0 saturated heterocycles. The number of thiophene rings is 1. The minimum atomic E-state index is -0.935. The lowest BCUT2D eigenvalue weighted by molar-refractivity contribution is -0.137. The number of carbonyl (C=O) groups excluding carboxylic acids is 3. The zero-order valence-corrected chi connectivity index (χ0v) is 32.3. The Morgan fingerprint density at radius 2 is 1.44 bits per heavy atom. The van der Waals surface area contributed by atoms with Gasteiger partial charge in [-0.3, -0.25) is 14.4 Å². The van der Waals surface area contributed by atoms with E-state index in [1.165, 1.54) is 11.3 Å². The Balaban J connectivity index is 1.24. The minimum Gasteiger partial charge on any atom is -0.481 e. The van der Waals surface area contributed by atoms with Crippen LogP contribution < -0.4 is 16.0 Å². The topological polar surface area (TPSA) is 165 Å². The Morgan fingerprint density at radius 1 is 0.764 bits per heavy atom. The van der Waals surface area contributed by atoms with Gasteiger partial charge in [0.2, 0.25) is 0 Å². The first-order chi connectivity index (χ1) is 26.6. The highest BCUT2D eigenvalue weighted by Gasteiger charge is 2.27. The van der Waals surface area contributed by atoms with Crippen molar-refractivity contribution in [2.24, 2.45) is 0 Å². The van der Waals surface area contributed by atoms with Crippen molar-refractivity contribution in [2.75, 3.05) is 17.2 Å². The molecular weight excluding hydrogens is 717 g/mol. The highest BCUT2D eigenvalue weighted by molar-refractivity contribution is 7.17. The zero-order valence-electron chi connectivity index (χ0n) is 31.5. The van der Waals surface area contributed by atoms with Gasteiger partial charge in [-0.05, 0) is 123 Å². The van der Waals surface area contributed by atoms with Crippen LogP contribution in [0.2, 0.25) is 0 Å². The van der Waals surface area contributed by atoms with Gasteiger partial charge in [-0.1, -0.05) is 50.2 Å². The number of fused-ring (bicyclic) bond motifs is 1. The van der Waals surface area contributed by atoms with Gasteiger partial charge in [-0.15, -0.1) is 11.3 Å². The summed E-state index contributed by atoms with van der Waals surface area (Å²) >= 11 is 1.46. The van der Waals surface area contributed by atoms with Gasteiger partial charge in [-0.25, -0.2) is 9.59 Å². The number of hydrogen-bond acceptors (Lipinski definition) is 6. The van der Waals surface area contributed by atoms with Gasteiger partial charge in [0.1, 0.15) is 5.00 Å². The molecule has 55 heavy (non-hydrogen) atoms. The van der Waals surface area contributed by atoms with Gasteiger partial charge >= 0.3 is 18.0 Å². The fraction of sp³-hybridized carbons (Fsp3) is 0.372. The normalized spacial score (nSPS) is 12.1. The van der Waals surface area contributed by atoms with Gasteiger partial charge in [-0.2, -0.15) is 0 Å². The predicted molar refractivity (Wildman–Crippen MR) is 215 cm³/mol. The maximum Gasteiger partial charge on any atom is 0.335 e. The Labute approximate surface area is 326 Å². The van der Waals surface area contributed by atoms with Crippen LogP contribution >= 0.6 is 11.3 Å². The van der Waals surface area contributed by atoms with E-state index in [1.54, 1.807) is 35.2 Å². The number of nitrogens with one attached hydrogen (secondary N) is 3. The summed E-state index contributed by atoms with van der Waals surface area (Å²) in [7, 11) is 0. The van der Waals surface area contributed by atoms with Gasteiger partial charge in [0.25, 0.3) is 11.8 Å². The molecule has 3 aromatic carbocycles. The Kier molecular flexibility index (Phi) is 14.6. The summed E-state index contributed by atoms with van der Waals surface area (Å²) in [5.74, 6) is -2.45. The molecule has 290 valence electrons. The van der Waals surface area contributed by atoms with Crippen LogP contribution in [0, 0.1) is 0 Å². The fourth-order valence-corrected chi connectivity index (χ4v) is 8.25. The average molecular weight is 767 g/mol. The van der Waals surface area contributed by atoms with E-state index in [0.717, 1.165) is 84.9 Å². The van der Waals surface area contributed by atoms with Crippen molar-refractivity contribution >= 4 is 51.8 Å². The quantitative estimate of drug-likeness (QED) is 0.0633. The predicted octanol–water partition coefficient (Wildman–Crippen LogP) is 8.57. The second-order valence-corrected chi connectivity index (χ2v) is 15.0. The summed E-state index contributed by atoms with van der Waals surface area (Å²) in [6.07, 6.45) is 7.97. The molecule has 0 saturated carbocycles. The van der Waals surface area contributed by atoms with Crippen molar-refractivity contribution in [1.29, 1.82) is 0 Å². The zero-order chi connectivity index (χ0) is 39.3. The highest BCUT2D eigenvalue weighted by atomic mass is 32.1. The number of aryl methyl sites for hydroxylation is 3. The summed E-state index contributed by atoms with van der Waals surface area (Å²) in [6.45, 7) is 4.57. The molecule has 1 aliphatic carbocycles. The van der Waals surface area contributed by atoms with E-state index >= 15 is 0 Å². The van der Waals surface area contributed by atoms with Crippen LogP contribution in [0.15, 0.2) is 72.8 Å². The Morgan fingerprint density at radius 3 is 2.09 bits per heavy atom. The molecule has 1 heterocycles. The lowest BCUT2D eigenvalue weighted by Crippen LogP contribution is -2.45. The van der Waals surface area contributed by atoms with E-state index < -0.39 is 11.9 Å². The molecule has 0 bridgehead atoms. The molecule has 4 aromatic rings. The van der Waals surface area contributed by atoms with E-state index in [0.29, 0.717) is 28.2 Å². The molecule has 1 aliphatic rings. The van der Waals surface area contributed by atoms with Crippen molar-refractivity contribution in [3.05, 3.63) is 117 Å². The summed E-state index contributed by atoms with van der Waals surface area (Å²) < 4.78 is 0. The van der Waals surface area contributed by atoms with Crippen LogP contribution in [0.25, 0.3) is 0 Å². The monoisotopic (exact) mass is 766 g/mol. The first-order valence-electron chi connectivity index (χ1n) is 19.1. The molecular formula is C43H50N4O7S. The lowest BCUT2D eigenvalue weighted by Gasteiger charge is -2.31. The molecule has 0 atom stereocenters. The number of rotatable bonds is 18. The number of carboxylic acids is 2. The molecule has 0 spiro atoms. The summed E-state index contributed by atoms with van der Waals surface area (Å²) in [5.41, 5.74) is 5.82. The van der Waals surface area contributed by atoms with Crippen LogP contribution in [0.3, 0.4) is 0 Å².